The Bertz CT molecular complexity index is 1250. The molecule has 0 aromatic heterocycles. The number of rotatable bonds is 7. The van der Waals surface area contributed by atoms with Gasteiger partial charge in [-0.15, -0.1) is 0 Å². The fourth-order valence-electron chi connectivity index (χ4n) is 3.30. The van der Waals surface area contributed by atoms with Gasteiger partial charge >= 0.3 is 6.09 Å². The van der Waals surface area contributed by atoms with Crippen molar-refractivity contribution < 1.29 is 19.4 Å². The van der Waals surface area contributed by atoms with E-state index in [1.807, 2.05) is 13.8 Å². The van der Waals surface area contributed by atoms with Crippen molar-refractivity contribution in [3.63, 3.8) is 0 Å². The lowest BCUT2D eigenvalue weighted by Gasteiger charge is -2.32. The molecule has 1 atom stereocenters. The van der Waals surface area contributed by atoms with Crippen LogP contribution in [0.25, 0.3) is 0 Å². The minimum atomic E-state index is -0.904. The Hall–Kier alpha value is -3.05. The first kappa shape index (κ1) is 26.6. The van der Waals surface area contributed by atoms with E-state index in [1.54, 1.807) is 72.8 Å². The minimum absolute atomic E-state index is 0.0187. The predicted molar refractivity (Wildman–Crippen MR) is 150 cm³/mol. The number of nitrogen functional groups attached to an aromatic ring is 1. The molecule has 0 fully saturated rings. The van der Waals surface area contributed by atoms with Gasteiger partial charge in [-0.05, 0) is 83.3 Å². The fourth-order valence-corrected chi connectivity index (χ4v) is 4.08. The molecule has 0 bridgehead atoms. The molecule has 0 saturated carbocycles. The average molecular weight is 650 g/mol. The third kappa shape index (κ3) is 7.46. The van der Waals surface area contributed by atoms with Gasteiger partial charge in [-0.3, -0.25) is 10.1 Å². The van der Waals surface area contributed by atoms with E-state index < -0.39 is 17.6 Å². The summed E-state index contributed by atoms with van der Waals surface area (Å²) in [6, 6.07) is 19.0. The first-order chi connectivity index (χ1) is 16.5. The van der Waals surface area contributed by atoms with Crippen LogP contribution in [0.15, 0.2) is 83.4 Å². The largest absolute Gasteiger partial charge is 0.508 e. The number of phenols is 1. The molecule has 0 radical (unpaired) electrons. The highest BCUT2D eigenvalue weighted by molar-refractivity contribution is 14.1. The number of nitrogens with two attached hydrogens (primary N) is 1. The molecule has 5 N–H and O–H groups in total. The summed E-state index contributed by atoms with van der Waals surface area (Å²) in [7, 11) is 0. The minimum Gasteiger partial charge on any atom is -0.508 e. The van der Waals surface area contributed by atoms with E-state index in [-0.39, 0.29) is 11.7 Å². The summed E-state index contributed by atoms with van der Waals surface area (Å²) in [4.78, 5) is 25.3. The molecule has 0 unspecified atom stereocenters. The summed E-state index contributed by atoms with van der Waals surface area (Å²) in [5, 5.41) is 16.0. The van der Waals surface area contributed by atoms with Gasteiger partial charge in [0.15, 0.2) is 0 Å². The van der Waals surface area contributed by atoms with Crippen molar-refractivity contribution in [2.75, 3.05) is 16.4 Å². The van der Waals surface area contributed by atoms with Crippen molar-refractivity contribution in [3.8, 4) is 5.75 Å². The van der Waals surface area contributed by atoms with E-state index in [2.05, 4.69) is 49.2 Å². The van der Waals surface area contributed by atoms with E-state index >= 15 is 0 Å². The highest BCUT2D eigenvalue weighted by Gasteiger charge is 2.34. The molecule has 0 aliphatic rings. The molecule has 182 valence electrons. The highest BCUT2D eigenvalue weighted by Crippen LogP contribution is 2.42. The maximum atomic E-state index is 12.8. The Balaban J connectivity index is 1.85. The molecule has 35 heavy (non-hydrogen) atoms. The molecule has 2 amide bonds. The Morgan fingerprint density at radius 2 is 1.77 bits per heavy atom. The number of benzene rings is 3. The normalized spacial score (nSPS) is 12.2. The van der Waals surface area contributed by atoms with Crippen LogP contribution in [-0.2, 0) is 9.53 Å². The van der Waals surface area contributed by atoms with Gasteiger partial charge in [-0.25, -0.2) is 4.79 Å². The Labute approximate surface area is 226 Å². The first-order valence-corrected chi connectivity index (χ1v) is 12.5. The number of amides is 2. The smallest absolute Gasteiger partial charge is 0.412 e. The zero-order chi connectivity index (χ0) is 25.6. The van der Waals surface area contributed by atoms with E-state index in [0.29, 0.717) is 22.6 Å². The average Bonchev–Trinajstić information content (AvgIpc) is 2.81. The zero-order valence-corrected chi connectivity index (χ0v) is 22.8. The molecule has 9 heteroatoms. The van der Waals surface area contributed by atoms with Crippen LogP contribution in [0.4, 0.5) is 21.9 Å². The SMILES string of the molecule is CC(C)(/C=C/C(=O)Nc1ccccc1N)[C@@H](OC(=O)Nc1ccc(Br)cc1)c1cc(I)ccc1O. The van der Waals surface area contributed by atoms with Crippen molar-refractivity contribution in [1.82, 2.24) is 0 Å². The standard InChI is InChI=1S/C26H25BrIN3O4/c1-26(2,14-13-23(33)31-21-6-4-3-5-20(21)29)24(19-15-17(28)9-12-22(19)32)35-25(34)30-18-10-7-16(27)8-11-18/h3-15,24,32H,29H2,1-2H3,(H,30,34)(H,31,33)/b14-13+/t24-/m0/s1. The lowest BCUT2D eigenvalue weighted by Crippen LogP contribution is -2.28. The van der Waals surface area contributed by atoms with Gasteiger partial charge in [-0.2, -0.15) is 0 Å². The number of para-hydroxylation sites is 2. The van der Waals surface area contributed by atoms with Gasteiger partial charge in [0.2, 0.25) is 5.91 Å². The third-order valence-corrected chi connectivity index (χ3v) is 6.35. The van der Waals surface area contributed by atoms with Gasteiger partial charge in [0.1, 0.15) is 11.9 Å². The van der Waals surface area contributed by atoms with E-state index in [9.17, 15) is 14.7 Å². The summed E-state index contributed by atoms with van der Waals surface area (Å²) in [5.74, 6) is -0.407. The summed E-state index contributed by atoms with van der Waals surface area (Å²) in [5.41, 5.74) is 6.94. The summed E-state index contributed by atoms with van der Waals surface area (Å²) >= 11 is 5.48. The predicted octanol–water partition coefficient (Wildman–Crippen LogP) is 6.85. The molecule has 0 spiro atoms. The molecule has 3 rings (SSSR count). The topological polar surface area (TPSA) is 114 Å². The fraction of sp³-hybridized carbons (Fsp3) is 0.154. The number of aromatic hydroxyl groups is 1. The molecule has 0 aliphatic heterocycles. The van der Waals surface area contributed by atoms with Crippen LogP contribution in [0.3, 0.4) is 0 Å². The number of nitrogens with one attached hydrogen (secondary N) is 2. The van der Waals surface area contributed by atoms with E-state index in [1.165, 1.54) is 6.08 Å². The van der Waals surface area contributed by atoms with Crippen LogP contribution < -0.4 is 16.4 Å². The summed E-state index contributed by atoms with van der Waals surface area (Å²) < 4.78 is 7.54. The quantitative estimate of drug-likeness (QED) is 0.127. The number of hydrogen-bond donors (Lipinski definition) is 4. The van der Waals surface area contributed by atoms with E-state index in [0.717, 1.165) is 8.04 Å². The Kier molecular flexibility index (Phi) is 8.79. The second kappa shape index (κ2) is 11.6. The third-order valence-electron chi connectivity index (χ3n) is 5.15. The van der Waals surface area contributed by atoms with Crippen molar-refractivity contribution in [2.45, 2.75) is 20.0 Å². The second-order valence-corrected chi connectivity index (χ2v) is 10.5. The van der Waals surface area contributed by atoms with Crippen molar-refractivity contribution >= 4 is 67.6 Å². The number of hydrogen-bond acceptors (Lipinski definition) is 5. The van der Waals surface area contributed by atoms with Gasteiger partial charge in [0.25, 0.3) is 0 Å². The Morgan fingerprint density at radius 3 is 2.46 bits per heavy atom. The maximum Gasteiger partial charge on any atom is 0.412 e. The molecule has 7 nitrogen and oxygen atoms in total. The van der Waals surface area contributed by atoms with Crippen LogP contribution in [0.1, 0.15) is 25.5 Å². The zero-order valence-electron chi connectivity index (χ0n) is 19.1. The molecule has 0 saturated heterocycles. The summed E-state index contributed by atoms with van der Waals surface area (Å²) in [6.07, 6.45) is 1.40. The highest BCUT2D eigenvalue weighted by atomic mass is 127. The molecule has 0 heterocycles. The molecular formula is C26H25BrIN3O4. The van der Waals surface area contributed by atoms with Gasteiger partial charge in [0, 0.05) is 24.7 Å². The monoisotopic (exact) mass is 649 g/mol. The number of halogens is 2. The van der Waals surface area contributed by atoms with Crippen LogP contribution in [0.5, 0.6) is 5.75 Å². The second-order valence-electron chi connectivity index (χ2n) is 8.35. The molecule has 0 aliphatic carbocycles. The molecule has 3 aromatic carbocycles. The van der Waals surface area contributed by atoms with Crippen molar-refractivity contribution in [3.05, 3.63) is 92.5 Å². The number of anilines is 3. The summed E-state index contributed by atoms with van der Waals surface area (Å²) in [6.45, 7) is 3.62. The lowest BCUT2D eigenvalue weighted by molar-refractivity contribution is -0.112. The number of carbonyl (C=O) groups is 2. The van der Waals surface area contributed by atoms with Crippen LogP contribution in [-0.4, -0.2) is 17.1 Å². The van der Waals surface area contributed by atoms with Crippen LogP contribution >= 0.6 is 38.5 Å². The molecule has 3 aromatic rings. The Morgan fingerprint density at radius 1 is 1.09 bits per heavy atom. The lowest BCUT2D eigenvalue weighted by atomic mass is 9.81. The maximum absolute atomic E-state index is 12.8. The van der Waals surface area contributed by atoms with Crippen LogP contribution in [0.2, 0.25) is 0 Å². The first-order valence-electron chi connectivity index (χ1n) is 10.6. The number of ether oxygens (including phenoxy) is 1. The van der Waals surface area contributed by atoms with Gasteiger partial charge in [-0.1, -0.05) is 48.0 Å². The number of phenolic OH excluding ortho intramolecular Hbond substituents is 1. The molecular weight excluding hydrogens is 625 g/mol. The van der Waals surface area contributed by atoms with E-state index in [4.69, 9.17) is 10.5 Å². The van der Waals surface area contributed by atoms with Gasteiger partial charge in [0.05, 0.1) is 11.4 Å². The van der Waals surface area contributed by atoms with Crippen LogP contribution in [0, 0.1) is 8.99 Å². The van der Waals surface area contributed by atoms with Crippen molar-refractivity contribution in [1.29, 1.82) is 0 Å². The number of carbonyl (C=O) groups excluding carboxylic acids is 2. The van der Waals surface area contributed by atoms with Crippen molar-refractivity contribution in [2.24, 2.45) is 5.41 Å². The van der Waals surface area contributed by atoms with Gasteiger partial charge < -0.3 is 20.9 Å².